The highest BCUT2D eigenvalue weighted by Gasteiger charge is 2.12. The Kier molecular flexibility index (Phi) is 7.33. The number of amides is 1. The van der Waals surface area contributed by atoms with Gasteiger partial charge in [0.05, 0.1) is 0 Å². The van der Waals surface area contributed by atoms with E-state index in [0.717, 1.165) is 12.1 Å². The van der Waals surface area contributed by atoms with Gasteiger partial charge in [-0.3, -0.25) is 4.79 Å². The molecule has 0 spiro atoms. The van der Waals surface area contributed by atoms with E-state index in [4.69, 9.17) is 0 Å². The number of para-hydroxylation sites is 1. The smallest absolute Gasteiger partial charge is 0.224 e. The second-order valence-corrected chi connectivity index (χ2v) is 2.71. The van der Waals surface area contributed by atoms with Crippen molar-refractivity contribution < 1.29 is 6.22 Å². The molecule has 1 aliphatic heterocycles. The van der Waals surface area contributed by atoms with Crippen molar-refractivity contribution >= 4 is 11.6 Å². The van der Waals surface area contributed by atoms with Crippen molar-refractivity contribution in [3.63, 3.8) is 0 Å². The van der Waals surface area contributed by atoms with Crippen molar-refractivity contribution in [2.45, 2.75) is 40.5 Å². The minimum absolute atomic E-state index is 0. The van der Waals surface area contributed by atoms with E-state index < -0.39 is 0 Å². The van der Waals surface area contributed by atoms with E-state index in [1.165, 1.54) is 5.56 Å². The summed E-state index contributed by atoms with van der Waals surface area (Å²) in [6, 6.07) is 7.92. The Labute approximate surface area is 94.2 Å². The molecule has 0 saturated carbocycles. The zero-order valence-corrected chi connectivity index (χ0v) is 10.1. The molecule has 2 heteroatoms. The van der Waals surface area contributed by atoms with E-state index in [1.807, 2.05) is 45.9 Å². The number of hydrogen-bond donors (Lipinski definition) is 1. The molecule has 1 N–H and O–H groups in total. The molecule has 0 saturated heterocycles. The number of fused-ring (bicyclic) bond motifs is 1. The number of anilines is 1. The summed E-state index contributed by atoms with van der Waals surface area (Å²) in [5, 5.41) is 2.82. The predicted molar refractivity (Wildman–Crippen MR) is 68.2 cm³/mol. The lowest BCUT2D eigenvalue weighted by Crippen LogP contribution is -2.18. The fraction of sp³-hybridized carbons (Fsp3) is 0.462. The second kappa shape index (κ2) is 8.04. The molecule has 0 unspecified atom stereocenters. The molecule has 1 amide bonds. The predicted octanol–water partition coefficient (Wildman–Crippen LogP) is 3.87. The van der Waals surface area contributed by atoms with Crippen LogP contribution in [0, 0.1) is 0 Å². The molecule has 15 heavy (non-hydrogen) atoms. The van der Waals surface area contributed by atoms with Gasteiger partial charge in [0.15, 0.2) is 0 Å². The van der Waals surface area contributed by atoms with Gasteiger partial charge in [-0.05, 0) is 18.1 Å². The van der Waals surface area contributed by atoms with Gasteiger partial charge in [-0.2, -0.15) is 0 Å². The lowest BCUT2D eigenvalue weighted by Gasteiger charge is -2.15. The van der Waals surface area contributed by atoms with Crippen molar-refractivity contribution in [3.8, 4) is 0 Å². The molecule has 1 heterocycles. The van der Waals surface area contributed by atoms with Crippen LogP contribution >= 0.6 is 0 Å². The van der Waals surface area contributed by atoms with Gasteiger partial charge in [0.2, 0.25) is 5.91 Å². The van der Waals surface area contributed by atoms with Crippen LogP contribution in [-0.4, -0.2) is 5.91 Å². The summed E-state index contributed by atoms with van der Waals surface area (Å²) >= 11 is 0. The summed E-state index contributed by atoms with van der Waals surface area (Å²) in [6.07, 6.45) is 1.50. The highest BCUT2D eigenvalue weighted by atomic mass is 16.1. The maximum absolute atomic E-state index is 10.9. The van der Waals surface area contributed by atoms with Gasteiger partial charge in [-0.1, -0.05) is 45.9 Å². The van der Waals surface area contributed by atoms with Gasteiger partial charge in [-0.15, -0.1) is 0 Å². The summed E-state index contributed by atoms with van der Waals surface area (Å²) in [5.41, 5.74) is 2.22. The summed E-state index contributed by atoms with van der Waals surface area (Å²) in [4.78, 5) is 10.9. The second-order valence-electron chi connectivity index (χ2n) is 2.71. The van der Waals surface area contributed by atoms with Gasteiger partial charge in [-0.25, -0.2) is 0 Å². The molecule has 0 aromatic heterocycles. The highest BCUT2D eigenvalue weighted by Crippen LogP contribution is 2.20. The number of carbonyl (C=O) groups is 1. The molecule has 0 radical (unpaired) electrons. The molecule has 2 rings (SSSR count). The largest absolute Gasteiger partial charge is 0.326 e. The van der Waals surface area contributed by atoms with Crippen molar-refractivity contribution in [2.75, 3.05) is 5.32 Å². The van der Waals surface area contributed by atoms with Gasteiger partial charge < -0.3 is 5.32 Å². The number of rotatable bonds is 0. The number of hydrogen-bond acceptors (Lipinski definition) is 1. The van der Waals surface area contributed by atoms with E-state index in [1.54, 1.807) is 0 Å². The average Bonchev–Trinajstić information content (AvgIpc) is 2.34. The Morgan fingerprint density at radius 2 is 1.67 bits per heavy atom. The van der Waals surface area contributed by atoms with E-state index in [0.29, 0.717) is 6.42 Å². The standard InChI is InChI=1S/C9H9NO.2C2H6.H2/c11-9-6-5-7-3-1-2-4-8(7)10-9;2*1-2;/h1-4H,5-6H2,(H,10,11);2*1-2H3;1H. The first-order chi connectivity index (χ1) is 7.36. The molecular formula is C13H23NO. The van der Waals surface area contributed by atoms with Gasteiger partial charge in [0.25, 0.3) is 0 Å². The first kappa shape index (κ1) is 13.7. The quantitative estimate of drug-likeness (QED) is 0.690. The fourth-order valence-corrected chi connectivity index (χ4v) is 1.32. The van der Waals surface area contributed by atoms with E-state index in [9.17, 15) is 4.79 Å². The summed E-state index contributed by atoms with van der Waals surface area (Å²) < 4.78 is 0. The van der Waals surface area contributed by atoms with Crippen molar-refractivity contribution in [2.24, 2.45) is 0 Å². The van der Waals surface area contributed by atoms with Gasteiger partial charge in [0, 0.05) is 13.5 Å². The van der Waals surface area contributed by atoms with Crippen LogP contribution in [-0.2, 0) is 11.2 Å². The fourth-order valence-electron chi connectivity index (χ4n) is 1.32. The first-order valence-electron chi connectivity index (χ1n) is 5.74. The van der Waals surface area contributed by atoms with Gasteiger partial charge in [0.1, 0.15) is 0 Å². The molecule has 86 valence electrons. The lowest BCUT2D eigenvalue weighted by molar-refractivity contribution is -0.116. The van der Waals surface area contributed by atoms with Crippen LogP contribution in [0.2, 0.25) is 0 Å². The maximum Gasteiger partial charge on any atom is 0.224 e. The molecule has 0 fully saturated rings. The topological polar surface area (TPSA) is 29.1 Å². The van der Waals surface area contributed by atoms with Crippen molar-refractivity contribution in [1.82, 2.24) is 0 Å². The number of aryl methyl sites for hydroxylation is 1. The van der Waals surface area contributed by atoms with Crippen LogP contribution in [0.25, 0.3) is 0 Å². The van der Waals surface area contributed by atoms with Crippen molar-refractivity contribution in [1.29, 1.82) is 0 Å². The van der Waals surface area contributed by atoms with E-state index >= 15 is 0 Å². The normalized spacial score (nSPS) is 12.1. The Morgan fingerprint density at radius 1 is 1.07 bits per heavy atom. The summed E-state index contributed by atoms with van der Waals surface area (Å²) in [5.74, 6) is 0.128. The molecular weight excluding hydrogens is 186 g/mol. The minimum atomic E-state index is 0. The molecule has 0 atom stereocenters. The number of benzene rings is 1. The SMILES string of the molecule is CC.CC.O=C1CCc2ccccc2N1.[HH]. The van der Waals surface area contributed by atoms with Crippen LogP contribution in [0.3, 0.4) is 0 Å². The first-order valence-corrected chi connectivity index (χ1v) is 5.74. The Hall–Kier alpha value is -1.31. The molecule has 2 nitrogen and oxygen atoms in total. The molecule has 0 bridgehead atoms. The third kappa shape index (κ3) is 4.15. The highest BCUT2D eigenvalue weighted by molar-refractivity contribution is 5.93. The Bertz CT molecular complexity index is 300. The van der Waals surface area contributed by atoms with Crippen LogP contribution in [0.4, 0.5) is 5.69 Å². The minimum Gasteiger partial charge on any atom is -0.326 e. The van der Waals surface area contributed by atoms with Crippen LogP contribution in [0.5, 0.6) is 0 Å². The van der Waals surface area contributed by atoms with E-state index in [2.05, 4.69) is 11.4 Å². The monoisotopic (exact) mass is 209 g/mol. The van der Waals surface area contributed by atoms with E-state index in [-0.39, 0.29) is 7.33 Å². The zero-order valence-electron chi connectivity index (χ0n) is 10.1. The van der Waals surface area contributed by atoms with Crippen molar-refractivity contribution in [3.05, 3.63) is 29.8 Å². The number of nitrogens with one attached hydrogen (secondary N) is 1. The van der Waals surface area contributed by atoms with Crippen LogP contribution < -0.4 is 5.32 Å². The molecule has 1 aliphatic rings. The zero-order chi connectivity index (χ0) is 11.7. The third-order valence-electron chi connectivity index (χ3n) is 1.91. The summed E-state index contributed by atoms with van der Waals surface area (Å²) in [7, 11) is 0. The molecule has 1 aromatic rings. The van der Waals surface area contributed by atoms with Gasteiger partial charge >= 0.3 is 0 Å². The third-order valence-corrected chi connectivity index (χ3v) is 1.91. The van der Waals surface area contributed by atoms with Crippen LogP contribution in [0.15, 0.2) is 24.3 Å². The lowest BCUT2D eigenvalue weighted by atomic mass is 10.0. The number of carbonyl (C=O) groups excluding carboxylic acids is 1. The summed E-state index contributed by atoms with van der Waals surface area (Å²) in [6.45, 7) is 8.00. The Morgan fingerprint density at radius 3 is 2.33 bits per heavy atom. The van der Waals surface area contributed by atoms with Crippen LogP contribution in [0.1, 0.15) is 41.1 Å². The molecule has 0 aliphatic carbocycles. The Balaban J connectivity index is 0. The average molecular weight is 209 g/mol. The molecule has 1 aromatic carbocycles. The maximum atomic E-state index is 10.9.